The van der Waals surface area contributed by atoms with Gasteiger partial charge in [0.1, 0.15) is 0 Å². The van der Waals surface area contributed by atoms with E-state index < -0.39 is 23.8 Å². The molecule has 0 aliphatic carbocycles. The number of hydrogen-bond donors (Lipinski definition) is 1. The predicted octanol–water partition coefficient (Wildman–Crippen LogP) is 1.64. The molecule has 2 aromatic heterocycles. The highest BCUT2D eigenvalue weighted by molar-refractivity contribution is 6.04. The Bertz CT molecular complexity index is 783. The molecule has 1 atom stereocenters. The van der Waals surface area contributed by atoms with Gasteiger partial charge in [0, 0.05) is 18.1 Å². The van der Waals surface area contributed by atoms with Crippen molar-refractivity contribution in [2.75, 3.05) is 7.11 Å². The van der Waals surface area contributed by atoms with Crippen LogP contribution in [0.4, 0.5) is 0 Å². The van der Waals surface area contributed by atoms with Gasteiger partial charge in [0.25, 0.3) is 0 Å². The lowest BCUT2D eigenvalue weighted by molar-refractivity contribution is 0.0310. The van der Waals surface area contributed by atoms with E-state index in [1.807, 2.05) is 0 Å². The molecule has 0 spiro atoms. The number of carbonyl (C=O) groups excluding carboxylic acids is 3. The van der Waals surface area contributed by atoms with Crippen LogP contribution in [0.25, 0.3) is 0 Å². The Morgan fingerprint density at radius 2 is 1.88 bits per heavy atom. The van der Waals surface area contributed by atoms with E-state index in [1.165, 1.54) is 32.6 Å². The second-order valence-electron chi connectivity index (χ2n) is 5.12. The quantitative estimate of drug-likeness (QED) is 0.654. The van der Waals surface area contributed by atoms with Gasteiger partial charge in [-0.15, -0.1) is 0 Å². The summed E-state index contributed by atoms with van der Waals surface area (Å²) >= 11 is 0. The molecule has 2 heterocycles. The number of nitrogens with one attached hydrogen (secondary N) is 1. The fourth-order valence-electron chi connectivity index (χ4n) is 2.29. The van der Waals surface area contributed by atoms with E-state index >= 15 is 0 Å². The molecule has 0 fully saturated rings. The molecular weight excluding hydrogens is 314 g/mol. The molecule has 0 radical (unpaired) electrons. The summed E-state index contributed by atoms with van der Waals surface area (Å²) in [5.41, 5.74) is 1.47. The van der Waals surface area contributed by atoms with Gasteiger partial charge in [-0.2, -0.15) is 0 Å². The van der Waals surface area contributed by atoms with Gasteiger partial charge in [0.2, 0.25) is 5.78 Å². The molecule has 0 aliphatic rings. The van der Waals surface area contributed by atoms with Crippen LogP contribution in [0.5, 0.6) is 0 Å². The summed E-state index contributed by atoms with van der Waals surface area (Å²) < 4.78 is 9.82. The van der Waals surface area contributed by atoms with E-state index in [2.05, 4.69) is 15.0 Å². The van der Waals surface area contributed by atoms with E-state index in [4.69, 9.17) is 9.47 Å². The zero-order valence-electron chi connectivity index (χ0n) is 13.7. The number of Topliss-reactive ketones (excluding diaryl/α,β-unsaturated/α-hetero) is 1. The predicted molar refractivity (Wildman–Crippen MR) is 82.8 cm³/mol. The average Bonchev–Trinajstić information content (AvgIpc) is 2.88. The number of ether oxygens (including phenoxy) is 2. The van der Waals surface area contributed by atoms with Gasteiger partial charge >= 0.3 is 11.9 Å². The van der Waals surface area contributed by atoms with Crippen LogP contribution in [-0.2, 0) is 9.47 Å². The molecule has 0 aliphatic heterocycles. The SMILES string of the molecule is COC(=O)c1c(C)[nH]c(C(=O)[C@@H](C)OC(=O)c2cnccn2)c1C. The minimum atomic E-state index is -1.05. The van der Waals surface area contributed by atoms with E-state index in [0.717, 1.165) is 0 Å². The number of aromatic amines is 1. The molecule has 8 nitrogen and oxygen atoms in total. The van der Waals surface area contributed by atoms with Crippen molar-refractivity contribution >= 4 is 17.7 Å². The molecule has 2 aromatic rings. The van der Waals surface area contributed by atoms with Crippen LogP contribution in [0, 0.1) is 13.8 Å². The molecule has 126 valence electrons. The number of aryl methyl sites for hydroxylation is 1. The average molecular weight is 331 g/mol. The van der Waals surface area contributed by atoms with Gasteiger partial charge < -0.3 is 14.5 Å². The second kappa shape index (κ2) is 7.03. The van der Waals surface area contributed by atoms with Crippen molar-refractivity contribution in [2.45, 2.75) is 26.9 Å². The smallest absolute Gasteiger partial charge is 0.359 e. The van der Waals surface area contributed by atoms with Gasteiger partial charge in [-0.05, 0) is 26.3 Å². The number of rotatable bonds is 5. The van der Waals surface area contributed by atoms with Crippen LogP contribution in [0.15, 0.2) is 18.6 Å². The molecule has 8 heteroatoms. The Morgan fingerprint density at radius 3 is 2.46 bits per heavy atom. The van der Waals surface area contributed by atoms with Crippen molar-refractivity contribution in [1.29, 1.82) is 0 Å². The lowest BCUT2D eigenvalue weighted by Crippen LogP contribution is -2.25. The van der Waals surface area contributed by atoms with Gasteiger partial charge in [-0.25, -0.2) is 14.6 Å². The van der Waals surface area contributed by atoms with Crippen LogP contribution >= 0.6 is 0 Å². The lowest BCUT2D eigenvalue weighted by atomic mass is 10.1. The van der Waals surface area contributed by atoms with E-state index in [0.29, 0.717) is 16.8 Å². The minimum Gasteiger partial charge on any atom is -0.465 e. The molecule has 0 saturated carbocycles. The topological polar surface area (TPSA) is 111 Å². The molecule has 0 bridgehead atoms. The minimum absolute atomic E-state index is 0.00629. The molecule has 0 amide bonds. The third-order valence-electron chi connectivity index (χ3n) is 3.50. The van der Waals surface area contributed by atoms with Crippen LogP contribution in [-0.4, -0.2) is 45.9 Å². The van der Waals surface area contributed by atoms with Crippen LogP contribution < -0.4 is 0 Å². The summed E-state index contributed by atoms with van der Waals surface area (Å²) in [7, 11) is 1.26. The molecule has 0 saturated heterocycles. The van der Waals surface area contributed by atoms with Crippen molar-refractivity contribution < 1.29 is 23.9 Å². The van der Waals surface area contributed by atoms with Crippen molar-refractivity contribution in [3.63, 3.8) is 0 Å². The molecule has 0 unspecified atom stereocenters. The second-order valence-corrected chi connectivity index (χ2v) is 5.12. The van der Waals surface area contributed by atoms with E-state index in [-0.39, 0.29) is 11.4 Å². The fraction of sp³-hybridized carbons (Fsp3) is 0.312. The first-order valence-corrected chi connectivity index (χ1v) is 7.15. The van der Waals surface area contributed by atoms with Crippen LogP contribution in [0.2, 0.25) is 0 Å². The highest BCUT2D eigenvalue weighted by atomic mass is 16.5. The van der Waals surface area contributed by atoms with Crippen LogP contribution in [0.1, 0.15) is 49.5 Å². The number of carbonyl (C=O) groups is 3. The van der Waals surface area contributed by atoms with Crippen molar-refractivity contribution in [3.05, 3.63) is 46.8 Å². The molecule has 1 N–H and O–H groups in total. The van der Waals surface area contributed by atoms with Crippen molar-refractivity contribution in [3.8, 4) is 0 Å². The Balaban J connectivity index is 2.20. The standard InChI is InChI=1S/C16H17N3O5/c1-8-12(16(22)23-4)9(2)19-13(8)14(20)10(3)24-15(21)11-7-17-5-6-18-11/h5-7,10,19H,1-4H3/t10-/m1/s1. The van der Waals surface area contributed by atoms with Crippen molar-refractivity contribution in [2.24, 2.45) is 0 Å². The molecular formula is C16H17N3O5. The first-order chi connectivity index (χ1) is 11.4. The van der Waals surface area contributed by atoms with E-state index in [9.17, 15) is 14.4 Å². The third-order valence-corrected chi connectivity index (χ3v) is 3.50. The Hall–Kier alpha value is -3.03. The summed E-state index contributed by atoms with van der Waals surface area (Å²) in [6.45, 7) is 4.73. The maximum absolute atomic E-state index is 12.5. The largest absolute Gasteiger partial charge is 0.465 e. The number of ketones is 1. The summed E-state index contributed by atoms with van der Waals surface area (Å²) in [5.74, 6) is -1.74. The fourth-order valence-corrected chi connectivity index (χ4v) is 2.29. The van der Waals surface area contributed by atoms with Gasteiger partial charge in [0.05, 0.1) is 24.6 Å². The van der Waals surface area contributed by atoms with Crippen LogP contribution in [0.3, 0.4) is 0 Å². The highest BCUT2D eigenvalue weighted by Crippen LogP contribution is 2.21. The number of nitrogens with zero attached hydrogens (tertiary/aromatic N) is 2. The summed E-state index contributed by atoms with van der Waals surface area (Å²) in [6.07, 6.45) is 2.97. The summed E-state index contributed by atoms with van der Waals surface area (Å²) in [4.78, 5) is 46.7. The van der Waals surface area contributed by atoms with Gasteiger partial charge in [-0.3, -0.25) is 9.78 Å². The number of methoxy groups -OCH3 is 1. The number of H-pyrrole nitrogens is 1. The maximum Gasteiger partial charge on any atom is 0.359 e. The normalized spacial score (nSPS) is 11.7. The number of aromatic nitrogens is 3. The Labute approximate surface area is 138 Å². The number of hydrogen-bond acceptors (Lipinski definition) is 7. The summed E-state index contributed by atoms with van der Waals surface area (Å²) in [5, 5.41) is 0. The van der Waals surface area contributed by atoms with Gasteiger partial charge in [0.15, 0.2) is 11.8 Å². The van der Waals surface area contributed by atoms with Crippen molar-refractivity contribution in [1.82, 2.24) is 15.0 Å². The first-order valence-electron chi connectivity index (χ1n) is 7.15. The number of esters is 2. The maximum atomic E-state index is 12.5. The van der Waals surface area contributed by atoms with E-state index in [1.54, 1.807) is 13.8 Å². The highest BCUT2D eigenvalue weighted by Gasteiger charge is 2.27. The third kappa shape index (κ3) is 3.32. The Morgan fingerprint density at radius 1 is 1.17 bits per heavy atom. The summed E-state index contributed by atoms with van der Waals surface area (Å²) in [6, 6.07) is 0. The Kier molecular flexibility index (Phi) is 5.08. The zero-order valence-corrected chi connectivity index (χ0v) is 13.7. The first kappa shape index (κ1) is 17.3. The zero-order chi connectivity index (χ0) is 17.9. The molecule has 0 aromatic carbocycles. The lowest BCUT2D eigenvalue weighted by Gasteiger charge is -2.11. The van der Waals surface area contributed by atoms with Gasteiger partial charge in [-0.1, -0.05) is 0 Å². The molecule has 24 heavy (non-hydrogen) atoms. The monoisotopic (exact) mass is 331 g/mol. The molecule has 2 rings (SSSR count).